The maximum absolute atomic E-state index is 14.8. The van der Waals surface area contributed by atoms with Crippen LogP contribution in [0.5, 0.6) is 0 Å². The lowest BCUT2D eigenvalue weighted by molar-refractivity contribution is -0.133. The molecule has 7 nitrogen and oxygen atoms in total. The third kappa shape index (κ3) is 5.82. The van der Waals surface area contributed by atoms with Crippen molar-refractivity contribution in [2.24, 2.45) is 5.10 Å². The quantitative estimate of drug-likeness (QED) is 0.432. The molecule has 2 amide bonds. The number of carbonyl (C=O) groups excluding carboxylic acids is 2. The van der Waals surface area contributed by atoms with Gasteiger partial charge in [-0.3, -0.25) is 14.5 Å². The van der Waals surface area contributed by atoms with E-state index in [0.717, 1.165) is 4.88 Å². The average molecular weight is 539 g/mol. The SMILES string of the molecule is O=C(c1ccccc1F)N(CCN1CCOCC1)CC(=O)N1N=C(c2cccs2)CC1c1ccccc1F. The van der Waals surface area contributed by atoms with E-state index < -0.39 is 29.5 Å². The minimum Gasteiger partial charge on any atom is -0.379 e. The van der Waals surface area contributed by atoms with Gasteiger partial charge < -0.3 is 9.64 Å². The Kier molecular flexibility index (Phi) is 8.21. The summed E-state index contributed by atoms with van der Waals surface area (Å²) in [4.78, 5) is 31.5. The summed E-state index contributed by atoms with van der Waals surface area (Å²) >= 11 is 1.49. The topological polar surface area (TPSA) is 65.5 Å². The summed E-state index contributed by atoms with van der Waals surface area (Å²) in [5.74, 6) is -2.11. The molecule has 0 spiro atoms. The number of halogens is 2. The number of nitrogens with zero attached hydrogens (tertiary/aromatic N) is 4. The number of hydrogen-bond acceptors (Lipinski definition) is 6. The van der Waals surface area contributed by atoms with Gasteiger partial charge in [0.25, 0.3) is 11.8 Å². The highest BCUT2D eigenvalue weighted by Gasteiger charge is 2.36. The van der Waals surface area contributed by atoms with E-state index in [4.69, 9.17) is 4.74 Å². The van der Waals surface area contributed by atoms with Gasteiger partial charge in [-0.2, -0.15) is 5.10 Å². The standard InChI is InChI=1S/C28H28F2N4O3S/c29-22-8-3-1-6-20(22)25-18-24(26-10-5-17-38-26)31-34(25)27(35)19-33(12-11-32-13-15-37-16-14-32)28(36)21-7-2-4-9-23(21)30/h1-10,17,25H,11-16,18-19H2. The second-order valence-electron chi connectivity index (χ2n) is 9.16. The molecule has 5 rings (SSSR count). The first-order valence-corrected chi connectivity index (χ1v) is 13.4. The molecule has 2 aromatic carbocycles. The Morgan fingerprint density at radius 1 is 1.00 bits per heavy atom. The minimum absolute atomic E-state index is 0.0999. The highest BCUT2D eigenvalue weighted by Crippen LogP contribution is 2.35. The van der Waals surface area contributed by atoms with Crippen LogP contribution in [-0.4, -0.2) is 78.3 Å². The Labute approximate surface area is 223 Å². The first kappa shape index (κ1) is 26.1. The Morgan fingerprint density at radius 3 is 2.45 bits per heavy atom. The zero-order valence-electron chi connectivity index (χ0n) is 20.8. The number of ether oxygens (including phenoxy) is 1. The third-order valence-electron chi connectivity index (χ3n) is 6.74. The molecule has 1 aromatic heterocycles. The third-order valence-corrected chi connectivity index (χ3v) is 7.66. The lowest BCUT2D eigenvalue weighted by Crippen LogP contribution is -2.46. The summed E-state index contributed by atoms with van der Waals surface area (Å²) in [5, 5.41) is 7.79. The monoisotopic (exact) mass is 538 g/mol. The summed E-state index contributed by atoms with van der Waals surface area (Å²) in [5.41, 5.74) is 0.940. The van der Waals surface area contributed by atoms with E-state index in [2.05, 4.69) is 10.0 Å². The van der Waals surface area contributed by atoms with Gasteiger partial charge >= 0.3 is 0 Å². The number of benzene rings is 2. The first-order valence-electron chi connectivity index (χ1n) is 12.5. The van der Waals surface area contributed by atoms with Gasteiger partial charge in [0.2, 0.25) is 0 Å². The Bertz CT molecular complexity index is 1310. The molecule has 0 bridgehead atoms. The number of carbonyl (C=O) groups is 2. The van der Waals surface area contributed by atoms with E-state index in [9.17, 15) is 18.4 Å². The van der Waals surface area contributed by atoms with Crippen molar-refractivity contribution in [3.8, 4) is 0 Å². The molecule has 10 heteroatoms. The Balaban J connectivity index is 1.41. The molecule has 2 aliphatic rings. The van der Waals surface area contributed by atoms with Crippen LogP contribution in [0.15, 0.2) is 71.1 Å². The van der Waals surface area contributed by atoms with Gasteiger partial charge in [0.1, 0.15) is 18.2 Å². The fourth-order valence-corrected chi connectivity index (χ4v) is 5.42. The van der Waals surface area contributed by atoms with Gasteiger partial charge in [0, 0.05) is 38.2 Å². The van der Waals surface area contributed by atoms with Crippen molar-refractivity contribution in [3.05, 3.63) is 93.7 Å². The maximum Gasteiger partial charge on any atom is 0.262 e. The number of hydrazone groups is 1. The maximum atomic E-state index is 14.8. The van der Waals surface area contributed by atoms with Gasteiger partial charge in [0.15, 0.2) is 0 Å². The predicted molar refractivity (Wildman–Crippen MR) is 141 cm³/mol. The molecule has 198 valence electrons. The van der Waals surface area contributed by atoms with Crippen LogP contribution in [0.1, 0.15) is 33.3 Å². The summed E-state index contributed by atoms with van der Waals surface area (Å²) in [6.45, 7) is 3.04. The number of amides is 2. The summed E-state index contributed by atoms with van der Waals surface area (Å²) in [6.07, 6.45) is 0.349. The van der Waals surface area contributed by atoms with Crippen LogP contribution in [0.4, 0.5) is 8.78 Å². The van der Waals surface area contributed by atoms with E-state index in [1.165, 1.54) is 45.5 Å². The molecular formula is C28H28F2N4O3S. The molecule has 0 aliphatic carbocycles. The van der Waals surface area contributed by atoms with Crippen LogP contribution in [-0.2, 0) is 9.53 Å². The highest BCUT2D eigenvalue weighted by atomic mass is 32.1. The number of morpholine rings is 1. The van der Waals surface area contributed by atoms with E-state index in [-0.39, 0.29) is 18.7 Å². The Morgan fingerprint density at radius 2 is 1.74 bits per heavy atom. The van der Waals surface area contributed by atoms with Crippen LogP contribution in [0.25, 0.3) is 0 Å². The first-order chi connectivity index (χ1) is 18.5. The van der Waals surface area contributed by atoms with Crippen molar-refractivity contribution >= 4 is 28.9 Å². The molecule has 38 heavy (non-hydrogen) atoms. The summed E-state index contributed by atoms with van der Waals surface area (Å²) in [7, 11) is 0. The van der Waals surface area contributed by atoms with Crippen molar-refractivity contribution in [1.29, 1.82) is 0 Å². The van der Waals surface area contributed by atoms with Crippen LogP contribution < -0.4 is 0 Å². The molecule has 0 saturated carbocycles. The second kappa shape index (κ2) is 11.9. The molecule has 0 radical (unpaired) electrons. The molecule has 1 atom stereocenters. The molecular weight excluding hydrogens is 510 g/mol. The predicted octanol–water partition coefficient (Wildman–Crippen LogP) is 4.18. The van der Waals surface area contributed by atoms with Crippen molar-refractivity contribution in [3.63, 3.8) is 0 Å². The molecule has 3 heterocycles. The van der Waals surface area contributed by atoms with Crippen LogP contribution in [0, 0.1) is 11.6 Å². The van der Waals surface area contributed by atoms with Gasteiger partial charge in [-0.1, -0.05) is 36.4 Å². The van der Waals surface area contributed by atoms with Crippen molar-refractivity contribution in [1.82, 2.24) is 14.8 Å². The summed E-state index contributed by atoms with van der Waals surface area (Å²) in [6, 6.07) is 15.2. The Hall–Kier alpha value is -3.47. The number of rotatable bonds is 8. The van der Waals surface area contributed by atoms with Gasteiger partial charge in [0.05, 0.1) is 35.4 Å². The molecule has 0 N–H and O–H groups in total. The molecule has 1 fully saturated rings. The fourth-order valence-electron chi connectivity index (χ4n) is 4.70. The van der Waals surface area contributed by atoms with Crippen LogP contribution in [0.2, 0.25) is 0 Å². The van der Waals surface area contributed by atoms with E-state index >= 15 is 0 Å². The second-order valence-corrected chi connectivity index (χ2v) is 10.1. The largest absolute Gasteiger partial charge is 0.379 e. The summed E-state index contributed by atoms with van der Waals surface area (Å²) < 4.78 is 34.8. The van der Waals surface area contributed by atoms with Crippen LogP contribution in [0.3, 0.4) is 0 Å². The van der Waals surface area contributed by atoms with Crippen LogP contribution >= 0.6 is 11.3 Å². The molecule has 2 aliphatic heterocycles. The average Bonchev–Trinajstić information content (AvgIpc) is 3.62. The van der Waals surface area contributed by atoms with E-state index in [1.807, 2.05) is 17.5 Å². The fraction of sp³-hybridized carbons (Fsp3) is 0.321. The zero-order valence-corrected chi connectivity index (χ0v) is 21.6. The van der Waals surface area contributed by atoms with Crippen molar-refractivity contribution in [2.45, 2.75) is 12.5 Å². The normalized spacial score (nSPS) is 17.9. The zero-order chi connectivity index (χ0) is 26.5. The van der Waals surface area contributed by atoms with Crippen molar-refractivity contribution in [2.75, 3.05) is 45.9 Å². The van der Waals surface area contributed by atoms with Gasteiger partial charge in [-0.05, 0) is 29.6 Å². The van der Waals surface area contributed by atoms with Crippen molar-refractivity contribution < 1.29 is 23.1 Å². The van der Waals surface area contributed by atoms with Gasteiger partial charge in [-0.15, -0.1) is 11.3 Å². The highest BCUT2D eigenvalue weighted by molar-refractivity contribution is 7.12. The molecule has 1 saturated heterocycles. The molecule has 1 unspecified atom stereocenters. The number of hydrogen-bond donors (Lipinski definition) is 0. The van der Waals surface area contributed by atoms with E-state index in [1.54, 1.807) is 24.3 Å². The number of thiophene rings is 1. The molecule has 3 aromatic rings. The minimum atomic E-state index is -0.648. The smallest absolute Gasteiger partial charge is 0.262 e. The van der Waals surface area contributed by atoms with Gasteiger partial charge in [-0.25, -0.2) is 13.8 Å². The van der Waals surface area contributed by atoms with E-state index in [0.29, 0.717) is 50.5 Å². The lowest BCUT2D eigenvalue weighted by atomic mass is 10.0. The lowest BCUT2D eigenvalue weighted by Gasteiger charge is -2.31.